The fourth-order valence-corrected chi connectivity index (χ4v) is 1.07. The second kappa shape index (κ2) is 4.51. The van der Waals surface area contributed by atoms with Crippen molar-refractivity contribution in [2.24, 2.45) is 5.73 Å². The first kappa shape index (κ1) is 13.7. The third-order valence-corrected chi connectivity index (χ3v) is 1.74. The summed E-state index contributed by atoms with van der Waals surface area (Å²) in [6, 6.07) is 0. The van der Waals surface area contributed by atoms with Crippen LogP contribution >= 0.6 is 0 Å². The Morgan fingerprint density at radius 1 is 1.06 bits per heavy atom. The summed E-state index contributed by atoms with van der Waals surface area (Å²) in [4.78, 5) is 0. The number of aromatic nitrogens is 2. The Bertz CT molecular complexity index is 356. The molecule has 0 radical (unpaired) electrons. The lowest BCUT2D eigenvalue weighted by Gasteiger charge is -2.19. The van der Waals surface area contributed by atoms with Crippen molar-refractivity contribution >= 4 is 0 Å². The summed E-state index contributed by atoms with van der Waals surface area (Å²) in [6.07, 6.45) is -11.2. The summed E-state index contributed by atoms with van der Waals surface area (Å²) in [6.45, 7) is -0.0235. The van der Waals surface area contributed by atoms with E-state index in [0.29, 0.717) is 0 Å². The Morgan fingerprint density at radius 3 is 2.00 bits per heavy atom. The quantitative estimate of drug-likeness (QED) is 0.844. The molecule has 1 aromatic rings. The molecule has 0 bridgehead atoms. The molecule has 0 saturated heterocycles. The molecule has 2 N–H and O–H groups in total. The maximum atomic E-state index is 12.2. The smallest absolute Gasteiger partial charge is 0.409 e. The minimum absolute atomic E-state index is 0.0235. The molecule has 0 amide bonds. The zero-order valence-corrected chi connectivity index (χ0v) is 8.14. The van der Waals surface area contributed by atoms with E-state index in [1.807, 2.05) is 0 Å². The van der Waals surface area contributed by atoms with Gasteiger partial charge in [0.1, 0.15) is 0 Å². The van der Waals surface area contributed by atoms with E-state index in [-0.39, 0.29) is 18.9 Å². The molecule has 1 heterocycles. The molecule has 4 nitrogen and oxygen atoms in total. The first-order valence-corrected chi connectivity index (χ1v) is 4.32. The lowest BCUT2D eigenvalue weighted by molar-refractivity contribution is -0.258. The van der Waals surface area contributed by atoms with E-state index < -0.39 is 24.2 Å². The summed E-state index contributed by atoms with van der Waals surface area (Å²) >= 11 is 0. The molecule has 1 aromatic heterocycles. The number of hydrogen-bond acceptors (Lipinski definition) is 4. The van der Waals surface area contributed by atoms with Crippen molar-refractivity contribution in [3.8, 4) is 0 Å². The molecule has 0 aliphatic heterocycles. The zero-order chi connectivity index (χ0) is 13.3. The van der Waals surface area contributed by atoms with E-state index in [1.165, 1.54) is 0 Å². The van der Waals surface area contributed by atoms with Crippen LogP contribution in [0.15, 0.2) is 4.42 Å². The third-order valence-electron chi connectivity index (χ3n) is 1.74. The highest BCUT2D eigenvalue weighted by molar-refractivity contribution is 5.00. The monoisotopic (exact) mass is 263 g/mol. The standard InChI is InChI=1S/C7H7F6N3O/c8-6(9,10)4(7(11,12)13)5-16-15-3(17-5)1-2-14/h4H,1-2,14H2. The maximum absolute atomic E-state index is 12.2. The van der Waals surface area contributed by atoms with Crippen molar-refractivity contribution in [2.45, 2.75) is 24.7 Å². The molecular weight excluding hydrogens is 256 g/mol. The topological polar surface area (TPSA) is 64.9 Å². The van der Waals surface area contributed by atoms with Gasteiger partial charge in [0.15, 0.2) is 0 Å². The molecular formula is C7H7F6N3O. The Labute approximate surface area is 90.8 Å². The van der Waals surface area contributed by atoms with Crippen LogP contribution in [0, 0.1) is 0 Å². The normalized spacial score (nSPS) is 13.4. The first-order valence-electron chi connectivity index (χ1n) is 4.32. The molecule has 0 atom stereocenters. The summed E-state index contributed by atoms with van der Waals surface area (Å²) in [5.74, 6) is -5.65. The van der Waals surface area contributed by atoms with Gasteiger partial charge < -0.3 is 10.2 Å². The van der Waals surface area contributed by atoms with Crippen molar-refractivity contribution in [3.63, 3.8) is 0 Å². The SMILES string of the molecule is NCCc1nnc(C(C(F)(F)F)C(F)(F)F)o1. The van der Waals surface area contributed by atoms with Crippen LogP contribution in [0.2, 0.25) is 0 Å². The Morgan fingerprint density at radius 2 is 1.59 bits per heavy atom. The number of hydrogen-bond donors (Lipinski definition) is 1. The molecule has 98 valence electrons. The van der Waals surface area contributed by atoms with E-state index >= 15 is 0 Å². The average molecular weight is 263 g/mol. The number of rotatable bonds is 3. The Hall–Kier alpha value is -1.32. The summed E-state index contributed by atoms with van der Waals surface area (Å²) in [5, 5.41) is 5.81. The van der Waals surface area contributed by atoms with E-state index in [2.05, 4.69) is 14.6 Å². The average Bonchev–Trinajstić information content (AvgIpc) is 2.47. The molecule has 0 aromatic carbocycles. The van der Waals surface area contributed by atoms with Crippen LogP contribution in [0.25, 0.3) is 0 Å². The molecule has 0 aliphatic carbocycles. The molecule has 0 spiro atoms. The molecule has 0 aliphatic rings. The fourth-order valence-electron chi connectivity index (χ4n) is 1.07. The van der Waals surface area contributed by atoms with Crippen molar-refractivity contribution in [3.05, 3.63) is 11.8 Å². The van der Waals surface area contributed by atoms with Crippen LogP contribution in [0.4, 0.5) is 26.3 Å². The lowest BCUT2D eigenvalue weighted by atomic mass is 10.1. The van der Waals surface area contributed by atoms with Gasteiger partial charge in [-0.15, -0.1) is 10.2 Å². The summed E-state index contributed by atoms with van der Waals surface area (Å²) < 4.78 is 77.6. The van der Waals surface area contributed by atoms with Gasteiger partial charge >= 0.3 is 12.4 Å². The minimum Gasteiger partial charge on any atom is -0.424 e. The maximum Gasteiger partial charge on any atom is 0.409 e. The van der Waals surface area contributed by atoms with Gasteiger partial charge in [-0.3, -0.25) is 0 Å². The van der Waals surface area contributed by atoms with Gasteiger partial charge in [-0.1, -0.05) is 0 Å². The summed E-state index contributed by atoms with van der Waals surface area (Å²) in [7, 11) is 0. The highest BCUT2D eigenvalue weighted by atomic mass is 19.4. The molecule has 0 saturated carbocycles. The molecule has 1 rings (SSSR count). The van der Waals surface area contributed by atoms with Gasteiger partial charge in [0.25, 0.3) is 0 Å². The second-order valence-electron chi connectivity index (χ2n) is 3.09. The number of alkyl halides is 6. The third kappa shape index (κ3) is 3.32. The Kier molecular flexibility index (Phi) is 3.65. The van der Waals surface area contributed by atoms with Crippen LogP contribution in [0.5, 0.6) is 0 Å². The van der Waals surface area contributed by atoms with Gasteiger partial charge in [0, 0.05) is 13.0 Å². The molecule has 10 heteroatoms. The van der Waals surface area contributed by atoms with Gasteiger partial charge in [0.05, 0.1) is 0 Å². The van der Waals surface area contributed by atoms with Crippen LogP contribution in [0.3, 0.4) is 0 Å². The van der Waals surface area contributed by atoms with Crippen LogP contribution in [-0.2, 0) is 6.42 Å². The number of nitrogens with two attached hydrogens (primary N) is 1. The second-order valence-corrected chi connectivity index (χ2v) is 3.09. The van der Waals surface area contributed by atoms with Crippen LogP contribution in [-0.4, -0.2) is 29.1 Å². The summed E-state index contributed by atoms with van der Waals surface area (Å²) in [5.41, 5.74) is 5.05. The van der Waals surface area contributed by atoms with Crippen LogP contribution < -0.4 is 5.73 Å². The van der Waals surface area contributed by atoms with Gasteiger partial charge in [-0.2, -0.15) is 26.3 Å². The first-order chi connectivity index (χ1) is 7.66. The van der Waals surface area contributed by atoms with Gasteiger partial charge in [-0.25, -0.2) is 0 Å². The molecule has 0 fully saturated rings. The van der Waals surface area contributed by atoms with Crippen molar-refractivity contribution < 1.29 is 30.8 Å². The van der Waals surface area contributed by atoms with E-state index in [9.17, 15) is 26.3 Å². The van der Waals surface area contributed by atoms with Crippen molar-refractivity contribution in [2.75, 3.05) is 6.54 Å². The van der Waals surface area contributed by atoms with Gasteiger partial charge in [-0.05, 0) is 0 Å². The predicted octanol–water partition coefficient (Wildman–Crippen LogP) is 1.78. The zero-order valence-electron chi connectivity index (χ0n) is 8.14. The van der Waals surface area contributed by atoms with Crippen molar-refractivity contribution in [1.82, 2.24) is 10.2 Å². The van der Waals surface area contributed by atoms with Gasteiger partial charge in [0.2, 0.25) is 17.7 Å². The van der Waals surface area contributed by atoms with Crippen LogP contribution in [0.1, 0.15) is 17.7 Å². The minimum atomic E-state index is -5.54. The lowest BCUT2D eigenvalue weighted by Crippen LogP contribution is -2.34. The predicted molar refractivity (Wildman–Crippen MR) is 41.9 cm³/mol. The highest BCUT2D eigenvalue weighted by Gasteiger charge is 2.60. The fraction of sp³-hybridized carbons (Fsp3) is 0.714. The number of nitrogens with zero attached hydrogens (tertiary/aromatic N) is 2. The number of halogens is 6. The molecule has 0 unspecified atom stereocenters. The van der Waals surface area contributed by atoms with E-state index in [0.717, 1.165) is 0 Å². The highest BCUT2D eigenvalue weighted by Crippen LogP contribution is 2.45. The van der Waals surface area contributed by atoms with E-state index in [4.69, 9.17) is 5.73 Å². The molecule has 17 heavy (non-hydrogen) atoms. The largest absolute Gasteiger partial charge is 0.424 e. The Balaban J connectivity index is 3.06. The van der Waals surface area contributed by atoms with E-state index in [1.54, 1.807) is 0 Å². The van der Waals surface area contributed by atoms with Crippen molar-refractivity contribution in [1.29, 1.82) is 0 Å².